The zero-order chi connectivity index (χ0) is 11.8. The molecule has 0 spiro atoms. The van der Waals surface area contributed by atoms with Crippen molar-refractivity contribution >= 4 is 0 Å². The molecule has 3 nitrogen and oxygen atoms in total. The molecule has 0 radical (unpaired) electrons. The summed E-state index contributed by atoms with van der Waals surface area (Å²) in [5.41, 5.74) is 1.45. The Morgan fingerprint density at radius 1 is 1.38 bits per heavy atom. The van der Waals surface area contributed by atoms with Gasteiger partial charge in [-0.15, -0.1) is 0 Å². The molecule has 1 aromatic rings. The summed E-state index contributed by atoms with van der Waals surface area (Å²) in [5, 5.41) is 3.67. The molecule has 0 aromatic carbocycles. The molecule has 0 bridgehead atoms. The molecular weight excluding hydrogens is 198 g/mol. The van der Waals surface area contributed by atoms with Crippen LogP contribution in [0, 0.1) is 0 Å². The smallest absolute Gasteiger partial charge is 0.0953 e. The maximum absolute atomic E-state index is 4.31. The number of aromatic nitrogens is 2. The van der Waals surface area contributed by atoms with Crippen LogP contribution >= 0.6 is 0 Å². The molecule has 0 amide bonds. The lowest BCUT2D eigenvalue weighted by molar-refractivity contribution is 0.304. The first kappa shape index (κ1) is 11.6. The van der Waals surface area contributed by atoms with E-state index in [1.807, 2.05) is 12.5 Å². The third kappa shape index (κ3) is 2.29. The standard InChI is InChI=1S/C13H23N3/c1-10-6-5-7-11(15-10)12-8-14-9-16(12)13(2,3)4/h8-11,15H,5-7H2,1-4H3. The van der Waals surface area contributed by atoms with Gasteiger partial charge in [-0.05, 0) is 47.0 Å². The lowest BCUT2D eigenvalue weighted by Crippen LogP contribution is -2.37. The molecule has 1 aliphatic heterocycles. The Morgan fingerprint density at radius 2 is 2.12 bits per heavy atom. The van der Waals surface area contributed by atoms with Gasteiger partial charge in [0.05, 0.1) is 12.0 Å². The van der Waals surface area contributed by atoms with Gasteiger partial charge < -0.3 is 9.88 Å². The Kier molecular flexibility index (Phi) is 3.06. The molecular formula is C13H23N3. The fraction of sp³-hybridized carbons (Fsp3) is 0.769. The van der Waals surface area contributed by atoms with E-state index in [1.54, 1.807) is 0 Å². The van der Waals surface area contributed by atoms with E-state index >= 15 is 0 Å². The summed E-state index contributed by atoms with van der Waals surface area (Å²) in [6.45, 7) is 8.95. The first-order valence-corrected chi connectivity index (χ1v) is 6.27. The Morgan fingerprint density at radius 3 is 2.75 bits per heavy atom. The average molecular weight is 221 g/mol. The molecule has 2 heterocycles. The van der Waals surface area contributed by atoms with Gasteiger partial charge in [0.25, 0.3) is 0 Å². The first-order chi connectivity index (χ1) is 7.48. The molecule has 1 N–H and O–H groups in total. The summed E-state index contributed by atoms with van der Waals surface area (Å²) in [4.78, 5) is 4.31. The van der Waals surface area contributed by atoms with Crippen LogP contribution in [0.15, 0.2) is 12.5 Å². The van der Waals surface area contributed by atoms with Crippen LogP contribution < -0.4 is 5.32 Å². The highest BCUT2D eigenvalue weighted by Crippen LogP contribution is 2.28. The molecule has 90 valence electrons. The second kappa shape index (κ2) is 4.21. The quantitative estimate of drug-likeness (QED) is 0.790. The number of imidazole rings is 1. The average Bonchev–Trinajstić information content (AvgIpc) is 2.65. The van der Waals surface area contributed by atoms with E-state index in [1.165, 1.54) is 25.0 Å². The fourth-order valence-electron chi connectivity index (χ4n) is 2.50. The van der Waals surface area contributed by atoms with Crippen molar-refractivity contribution in [2.75, 3.05) is 0 Å². The molecule has 1 aliphatic rings. The summed E-state index contributed by atoms with van der Waals surface area (Å²) in [5.74, 6) is 0. The minimum atomic E-state index is 0.119. The van der Waals surface area contributed by atoms with Crippen molar-refractivity contribution < 1.29 is 0 Å². The zero-order valence-electron chi connectivity index (χ0n) is 10.8. The molecule has 2 rings (SSSR count). The van der Waals surface area contributed by atoms with Gasteiger partial charge >= 0.3 is 0 Å². The highest BCUT2D eigenvalue weighted by atomic mass is 15.1. The minimum Gasteiger partial charge on any atom is -0.328 e. The van der Waals surface area contributed by atoms with Gasteiger partial charge in [-0.25, -0.2) is 4.98 Å². The summed E-state index contributed by atoms with van der Waals surface area (Å²) < 4.78 is 2.29. The lowest BCUT2D eigenvalue weighted by atomic mass is 9.96. The monoisotopic (exact) mass is 221 g/mol. The molecule has 0 saturated carbocycles. The van der Waals surface area contributed by atoms with Gasteiger partial charge in [0, 0.05) is 23.8 Å². The van der Waals surface area contributed by atoms with Crippen LogP contribution in [0.25, 0.3) is 0 Å². The summed E-state index contributed by atoms with van der Waals surface area (Å²) in [6, 6.07) is 1.10. The second-order valence-corrected chi connectivity index (χ2v) is 5.91. The van der Waals surface area contributed by atoms with Crippen molar-refractivity contribution in [3.05, 3.63) is 18.2 Å². The number of rotatable bonds is 1. The Hall–Kier alpha value is -0.830. The van der Waals surface area contributed by atoms with Gasteiger partial charge in [-0.1, -0.05) is 0 Å². The maximum Gasteiger partial charge on any atom is 0.0953 e. The van der Waals surface area contributed by atoms with Gasteiger partial charge in [-0.3, -0.25) is 0 Å². The van der Waals surface area contributed by atoms with E-state index in [9.17, 15) is 0 Å². The topological polar surface area (TPSA) is 29.9 Å². The van der Waals surface area contributed by atoms with E-state index < -0.39 is 0 Å². The summed E-state index contributed by atoms with van der Waals surface area (Å²) >= 11 is 0. The lowest BCUT2D eigenvalue weighted by Gasteiger charge is -2.32. The van der Waals surface area contributed by atoms with Crippen LogP contribution in [-0.2, 0) is 5.54 Å². The predicted molar refractivity (Wildman–Crippen MR) is 66.4 cm³/mol. The van der Waals surface area contributed by atoms with Crippen molar-refractivity contribution in [2.24, 2.45) is 0 Å². The van der Waals surface area contributed by atoms with E-state index in [0.717, 1.165) is 0 Å². The van der Waals surface area contributed by atoms with Crippen LogP contribution in [0.4, 0.5) is 0 Å². The van der Waals surface area contributed by atoms with Gasteiger partial charge in [0.1, 0.15) is 0 Å². The third-order valence-electron chi connectivity index (χ3n) is 3.36. The number of nitrogens with one attached hydrogen (secondary N) is 1. The Balaban J connectivity index is 2.23. The van der Waals surface area contributed by atoms with E-state index in [2.05, 4.69) is 42.6 Å². The van der Waals surface area contributed by atoms with Gasteiger partial charge in [-0.2, -0.15) is 0 Å². The van der Waals surface area contributed by atoms with Crippen LogP contribution in [0.1, 0.15) is 58.7 Å². The highest BCUT2D eigenvalue weighted by Gasteiger charge is 2.25. The number of hydrogen-bond acceptors (Lipinski definition) is 2. The van der Waals surface area contributed by atoms with E-state index in [0.29, 0.717) is 12.1 Å². The molecule has 1 fully saturated rings. The van der Waals surface area contributed by atoms with Gasteiger partial charge in [0.2, 0.25) is 0 Å². The van der Waals surface area contributed by atoms with Crippen LogP contribution in [0.5, 0.6) is 0 Å². The number of nitrogens with zero attached hydrogens (tertiary/aromatic N) is 2. The molecule has 0 aliphatic carbocycles. The Labute approximate surface area is 98.3 Å². The van der Waals surface area contributed by atoms with Crippen molar-refractivity contribution in [2.45, 2.75) is 64.6 Å². The molecule has 16 heavy (non-hydrogen) atoms. The zero-order valence-corrected chi connectivity index (χ0v) is 10.8. The van der Waals surface area contributed by atoms with Crippen molar-refractivity contribution in [1.29, 1.82) is 0 Å². The second-order valence-electron chi connectivity index (χ2n) is 5.91. The highest BCUT2D eigenvalue weighted by molar-refractivity contribution is 5.09. The van der Waals surface area contributed by atoms with Crippen molar-refractivity contribution in [3.8, 4) is 0 Å². The van der Waals surface area contributed by atoms with E-state index in [-0.39, 0.29) is 5.54 Å². The molecule has 1 aromatic heterocycles. The maximum atomic E-state index is 4.31. The summed E-state index contributed by atoms with van der Waals surface area (Å²) in [6.07, 6.45) is 7.80. The predicted octanol–water partition coefficient (Wildman–Crippen LogP) is 2.84. The van der Waals surface area contributed by atoms with Crippen LogP contribution in [-0.4, -0.2) is 15.6 Å². The molecule has 2 unspecified atom stereocenters. The van der Waals surface area contributed by atoms with Crippen LogP contribution in [0.2, 0.25) is 0 Å². The largest absolute Gasteiger partial charge is 0.328 e. The molecule has 2 atom stereocenters. The number of hydrogen-bond donors (Lipinski definition) is 1. The molecule has 3 heteroatoms. The first-order valence-electron chi connectivity index (χ1n) is 6.27. The third-order valence-corrected chi connectivity index (χ3v) is 3.36. The van der Waals surface area contributed by atoms with Gasteiger partial charge in [0.15, 0.2) is 0 Å². The van der Waals surface area contributed by atoms with Crippen molar-refractivity contribution in [3.63, 3.8) is 0 Å². The van der Waals surface area contributed by atoms with Crippen molar-refractivity contribution in [1.82, 2.24) is 14.9 Å². The Bertz CT molecular complexity index is 348. The minimum absolute atomic E-state index is 0.119. The summed E-state index contributed by atoms with van der Waals surface area (Å²) in [7, 11) is 0. The number of piperidine rings is 1. The molecule has 1 saturated heterocycles. The van der Waals surface area contributed by atoms with E-state index in [4.69, 9.17) is 0 Å². The van der Waals surface area contributed by atoms with Crippen LogP contribution in [0.3, 0.4) is 0 Å². The SMILES string of the molecule is CC1CCCC(c2cncn2C(C)(C)C)N1. The fourth-order valence-corrected chi connectivity index (χ4v) is 2.50. The normalized spacial score (nSPS) is 27.0.